The van der Waals surface area contributed by atoms with Crippen LogP contribution in [0.25, 0.3) is 0 Å². The van der Waals surface area contributed by atoms with Gasteiger partial charge in [-0.05, 0) is 64.4 Å². The Bertz CT molecular complexity index is 1150. The Morgan fingerprint density at radius 3 is 2.56 bits per heavy atom. The van der Waals surface area contributed by atoms with E-state index in [0.717, 1.165) is 24.1 Å². The molecule has 2 aliphatic rings. The molecule has 1 aromatic carbocycles. The summed E-state index contributed by atoms with van der Waals surface area (Å²) in [5.74, 6) is 6.09. The summed E-state index contributed by atoms with van der Waals surface area (Å²) in [6, 6.07) is 9.78. The van der Waals surface area contributed by atoms with Gasteiger partial charge in [-0.2, -0.15) is 0 Å². The van der Waals surface area contributed by atoms with Crippen LogP contribution < -0.4 is 5.32 Å². The summed E-state index contributed by atoms with van der Waals surface area (Å²) in [7, 11) is 0. The van der Waals surface area contributed by atoms with Gasteiger partial charge in [0.1, 0.15) is 11.3 Å². The highest BCUT2D eigenvalue weighted by Gasteiger charge is 2.55. The van der Waals surface area contributed by atoms with E-state index in [0.29, 0.717) is 38.1 Å². The number of hydrogen-bond acceptors (Lipinski definition) is 5. The van der Waals surface area contributed by atoms with Crippen LogP contribution in [-0.2, 0) is 22.4 Å². The van der Waals surface area contributed by atoms with Crippen molar-refractivity contribution in [2.45, 2.75) is 64.8 Å². The molecule has 36 heavy (non-hydrogen) atoms. The minimum absolute atomic E-state index is 0.0302. The molecule has 4 amide bonds. The van der Waals surface area contributed by atoms with Crippen molar-refractivity contribution in [1.82, 2.24) is 20.3 Å². The highest BCUT2D eigenvalue weighted by Crippen LogP contribution is 2.37. The lowest BCUT2D eigenvalue weighted by molar-refractivity contribution is -0.135. The molecule has 0 saturated carbocycles. The Morgan fingerprint density at radius 1 is 1.19 bits per heavy atom. The molecule has 1 atom stereocenters. The second-order valence-corrected chi connectivity index (χ2v) is 9.69. The van der Waals surface area contributed by atoms with E-state index in [-0.39, 0.29) is 36.7 Å². The van der Waals surface area contributed by atoms with Gasteiger partial charge in [-0.1, -0.05) is 41.4 Å². The third-order valence-electron chi connectivity index (χ3n) is 7.55. The normalized spacial score (nSPS) is 20.3. The van der Waals surface area contributed by atoms with Crippen LogP contribution in [0.1, 0.15) is 55.2 Å². The van der Waals surface area contributed by atoms with Crippen molar-refractivity contribution < 1.29 is 18.9 Å². The molecular formula is C28H34N4O4. The zero-order valence-electron chi connectivity index (χ0n) is 21.3. The molecule has 2 saturated heterocycles. The van der Waals surface area contributed by atoms with Gasteiger partial charge < -0.3 is 14.7 Å². The van der Waals surface area contributed by atoms with Gasteiger partial charge in [-0.3, -0.25) is 14.5 Å². The second kappa shape index (κ2) is 11.0. The lowest BCUT2D eigenvalue weighted by Gasteiger charge is -2.41. The smallest absolute Gasteiger partial charge is 0.325 e. The quantitative estimate of drug-likeness (QED) is 0.452. The van der Waals surface area contributed by atoms with Crippen molar-refractivity contribution in [1.29, 1.82) is 0 Å². The summed E-state index contributed by atoms with van der Waals surface area (Å²) in [5.41, 5.74) is 1.82. The lowest BCUT2D eigenvalue weighted by atomic mass is 9.74. The predicted octanol–water partition coefficient (Wildman–Crippen LogP) is 3.41. The summed E-state index contributed by atoms with van der Waals surface area (Å²) in [6.07, 6.45) is 3.72. The average molecular weight is 491 g/mol. The van der Waals surface area contributed by atoms with Gasteiger partial charge >= 0.3 is 6.03 Å². The van der Waals surface area contributed by atoms with Crippen LogP contribution in [0.3, 0.4) is 0 Å². The molecule has 1 aromatic heterocycles. The van der Waals surface area contributed by atoms with Gasteiger partial charge in [0, 0.05) is 18.7 Å². The monoisotopic (exact) mass is 490 g/mol. The van der Waals surface area contributed by atoms with Gasteiger partial charge in [0.15, 0.2) is 0 Å². The number of nitrogens with one attached hydrogen (secondary N) is 1. The molecule has 0 bridgehead atoms. The van der Waals surface area contributed by atoms with Crippen LogP contribution in [0.5, 0.6) is 0 Å². The van der Waals surface area contributed by atoms with E-state index in [2.05, 4.69) is 34.4 Å². The minimum atomic E-state index is -0.960. The summed E-state index contributed by atoms with van der Waals surface area (Å²) in [5, 5.41) is 7.02. The van der Waals surface area contributed by atoms with Crippen molar-refractivity contribution in [2.24, 2.45) is 5.92 Å². The maximum Gasteiger partial charge on any atom is 0.325 e. The number of imide groups is 1. The van der Waals surface area contributed by atoms with Crippen LogP contribution in [0.2, 0.25) is 0 Å². The molecule has 0 aliphatic carbocycles. The van der Waals surface area contributed by atoms with E-state index in [1.165, 1.54) is 10.5 Å². The number of carbonyl (C=O) groups is 3. The Labute approximate surface area is 212 Å². The highest BCUT2D eigenvalue weighted by atomic mass is 16.5. The fourth-order valence-corrected chi connectivity index (χ4v) is 5.45. The summed E-state index contributed by atoms with van der Waals surface area (Å²) in [4.78, 5) is 42.6. The molecule has 0 spiro atoms. The fourth-order valence-electron chi connectivity index (χ4n) is 5.45. The van der Waals surface area contributed by atoms with Gasteiger partial charge in [0.2, 0.25) is 5.91 Å². The third-order valence-corrected chi connectivity index (χ3v) is 7.55. The molecule has 4 rings (SSSR count). The number of benzene rings is 1. The fraction of sp³-hybridized carbons (Fsp3) is 0.500. The molecule has 2 aliphatic heterocycles. The number of hydrogen-bond donors (Lipinski definition) is 1. The number of piperidine rings is 1. The molecular weight excluding hydrogens is 456 g/mol. The summed E-state index contributed by atoms with van der Waals surface area (Å²) < 4.78 is 5.20. The van der Waals surface area contributed by atoms with E-state index in [4.69, 9.17) is 4.52 Å². The number of urea groups is 1. The molecule has 8 nitrogen and oxygen atoms in total. The van der Waals surface area contributed by atoms with E-state index < -0.39 is 5.54 Å². The number of carbonyl (C=O) groups excluding carboxylic acids is 3. The summed E-state index contributed by atoms with van der Waals surface area (Å²) in [6.45, 7) is 6.54. The van der Waals surface area contributed by atoms with Crippen LogP contribution in [0.15, 0.2) is 34.9 Å². The Balaban J connectivity index is 1.46. The van der Waals surface area contributed by atoms with Crippen molar-refractivity contribution >= 4 is 17.8 Å². The number of aromatic nitrogens is 1. The first-order valence-corrected chi connectivity index (χ1v) is 12.6. The first-order chi connectivity index (χ1) is 17.4. The predicted molar refractivity (Wildman–Crippen MR) is 135 cm³/mol. The second-order valence-electron chi connectivity index (χ2n) is 9.69. The van der Waals surface area contributed by atoms with Crippen LogP contribution in [0.4, 0.5) is 4.79 Å². The first kappa shape index (κ1) is 25.5. The van der Waals surface area contributed by atoms with E-state index in [9.17, 15) is 14.4 Å². The molecule has 1 N–H and O–H groups in total. The van der Waals surface area contributed by atoms with Crippen molar-refractivity contribution in [2.75, 3.05) is 19.6 Å². The van der Waals surface area contributed by atoms with Crippen molar-refractivity contribution in [3.63, 3.8) is 0 Å². The van der Waals surface area contributed by atoms with Gasteiger partial charge in [-0.15, -0.1) is 5.92 Å². The Kier molecular flexibility index (Phi) is 7.78. The maximum atomic E-state index is 13.7. The third kappa shape index (κ3) is 5.15. The van der Waals surface area contributed by atoms with E-state index in [1.807, 2.05) is 36.9 Å². The van der Waals surface area contributed by atoms with Crippen LogP contribution in [-0.4, -0.2) is 58.0 Å². The van der Waals surface area contributed by atoms with E-state index in [1.54, 1.807) is 6.92 Å². The average Bonchev–Trinajstić information content (AvgIpc) is 3.33. The number of amides is 4. The molecule has 3 heterocycles. The Morgan fingerprint density at radius 2 is 1.92 bits per heavy atom. The van der Waals surface area contributed by atoms with Gasteiger partial charge in [0.25, 0.3) is 5.91 Å². The van der Waals surface area contributed by atoms with Crippen molar-refractivity contribution in [3.8, 4) is 11.8 Å². The number of rotatable bonds is 8. The highest BCUT2D eigenvalue weighted by molar-refractivity contribution is 6.07. The number of nitrogens with zero attached hydrogens (tertiary/aromatic N) is 3. The first-order valence-electron chi connectivity index (χ1n) is 12.6. The topological polar surface area (TPSA) is 95.8 Å². The zero-order chi connectivity index (χ0) is 25.7. The lowest BCUT2D eigenvalue weighted by Crippen LogP contribution is -2.56. The Hall–Kier alpha value is -3.60. The number of aryl methyl sites for hydroxylation is 3. The molecule has 1 unspecified atom stereocenters. The van der Waals surface area contributed by atoms with Crippen molar-refractivity contribution in [3.05, 3.63) is 52.9 Å². The molecule has 2 aromatic rings. The number of likely N-dealkylation sites (tertiary alicyclic amines) is 1. The SMILES string of the molecule is CC#CCN1C(=O)NC(CCCc2ccccc2)(C2CCN(C(=O)Cc3c(C)noc3C)CC2)C1=O. The van der Waals surface area contributed by atoms with Crippen LogP contribution >= 0.6 is 0 Å². The maximum absolute atomic E-state index is 13.7. The molecule has 2 fully saturated rings. The van der Waals surface area contributed by atoms with E-state index >= 15 is 0 Å². The zero-order valence-corrected chi connectivity index (χ0v) is 21.3. The van der Waals surface area contributed by atoms with Gasteiger partial charge in [0.05, 0.1) is 18.7 Å². The summed E-state index contributed by atoms with van der Waals surface area (Å²) >= 11 is 0. The molecule has 0 radical (unpaired) electrons. The van der Waals surface area contributed by atoms with Gasteiger partial charge in [-0.25, -0.2) is 4.79 Å². The standard InChI is InChI=1S/C28H34N4O4/c1-4-5-16-32-26(34)28(29-27(32)35,15-9-12-22-10-7-6-8-11-22)23-13-17-31(18-14-23)25(33)19-24-20(2)30-36-21(24)3/h6-8,10-11,23H,9,12-19H2,1-3H3,(H,29,35). The largest absolute Gasteiger partial charge is 0.361 e. The molecule has 8 heteroatoms. The van der Waals surface area contributed by atoms with Crippen LogP contribution in [0, 0.1) is 31.6 Å². The minimum Gasteiger partial charge on any atom is -0.361 e. The molecule has 190 valence electrons.